The van der Waals surface area contributed by atoms with E-state index in [0.29, 0.717) is 11.9 Å². The van der Waals surface area contributed by atoms with E-state index < -0.39 is 5.97 Å². The number of nitrogens with zero attached hydrogens (tertiary/aromatic N) is 3. The average molecular weight is 237 g/mol. The molecule has 0 spiro atoms. The van der Waals surface area contributed by atoms with Gasteiger partial charge in [0.1, 0.15) is 0 Å². The van der Waals surface area contributed by atoms with Crippen LogP contribution in [-0.2, 0) is 0 Å². The maximum Gasteiger partial charge on any atom is 0.338 e. The Kier molecular flexibility index (Phi) is 3.53. The predicted molar refractivity (Wildman–Crippen MR) is 61.0 cm³/mol. The van der Waals surface area contributed by atoms with Crippen molar-refractivity contribution in [1.82, 2.24) is 9.97 Å². The van der Waals surface area contributed by atoms with Crippen LogP contribution in [0.25, 0.3) is 0 Å². The molecule has 1 unspecified atom stereocenters. The maximum atomic E-state index is 10.6. The molecule has 1 aromatic rings. The molecule has 1 atom stereocenters. The van der Waals surface area contributed by atoms with E-state index in [2.05, 4.69) is 9.97 Å². The maximum absolute atomic E-state index is 10.6. The van der Waals surface area contributed by atoms with Crippen LogP contribution in [0.5, 0.6) is 0 Å². The first-order valence-corrected chi connectivity index (χ1v) is 5.62. The number of hydrogen-bond donors (Lipinski definition) is 2. The summed E-state index contributed by atoms with van der Waals surface area (Å²) in [5.74, 6) is 0.0225. The Bertz CT molecular complexity index is 393. The molecule has 1 aliphatic rings. The number of carboxylic acids is 1. The summed E-state index contributed by atoms with van der Waals surface area (Å²) < 4.78 is 0. The molecule has 0 radical (unpaired) electrons. The molecule has 17 heavy (non-hydrogen) atoms. The largest absolute Gasteiger partial charge is 0.478 e. The van der Waals surface area contributed by atoms with E-state index >= 15 is 0 Å². The molecular weight excluding hydrogens is 222 g/mol. The number of aromatic carboxylic acids is 1. The Balaban J connectivity index is 2.01. The van der Waals surface area contributed by atoms with Crippen LogP contribution in [0, 0.1) is 5.92 Å². The summed E-state index contributed by atoms with van der Waals surface area (Å²) in [6.45, 7) is 1.89. The first kappa shape index (κ1) is 11.8. The molecule has 1 aromatic heterocycles. The zero-order valence-electron chi connectivity index (χ0n) is 9.41. The van der Waals surface area contributed by atoms with Crippen molar-refractivity contribution in [2.24, 2.45) is 5.92 Å². The van der Waals surface area contributed by atoms with Gasteiger partial charge < -0.3 is 15.1 Å². The molecule has 0 saturated carbocycles. The first-order valence-electron chi connectivity index (χ1n) is 5.62. The molecule has 6 nitrogen and oxygen atoms in total. The summed E-state index contributed by atoms with van der Waals surface area (Å²) in [7, 11) is 0. The Morgan fingerprint density at radius 3 is 2.76 bits per heavy atom. The van der Waals surface area contributed by atoms with E-state index in [1.54, 1.807) is 0 Å². The van der Waals surface area contributed by atoms with Gasteiger partial charge in [0.05, 0.1) is 5.56 Å². The van der Waals surface area contributed by atoms with E-state index in [9.17, 15) is 4.79 Å². The van der Waals surface area contributed by atoms with Gasteiger partial charge >= 0.3 is 5.97 Å². The number of carboxylic acid groups (broad SMARTS) is 1. The minimum Gasteiger partial charge on any atom is -0.478 e. The van der Waals surface area contributed by atoms with E-state index in [-0.39, 0.29) is 12.2 Å². The molecule has 2 rings (SSSR count). The van der Waals surface area contributed by atoms with Crippen LogP contribution in [0.15, 0.2) is 12.4 Å². The summed E-state index contributed by atoms with van der Waals surface area (Å²) in [5.41, 5.74) is 0.0971. The summed E-state index contributed by atoms with van der Waals surface area (Å²) in [4.78, 5) is 20.8. The van der Waals surface area contributed by atoms with Crippen LogP contribution >= 0.6 is 0 Å². The van der Waals surface area contributed by atoms with Crippen molar-refractivity contribution in [3.63, 3.8) is 0 Å². The molecular formula is C11H15N3O3. The number of hydrogen-bond acceptors (Lipinski definition) is 5. The molecule has 0 aliphatic carbocycles. The highest BCUT2D eigenvalue weighted by atomic mass is 16.4. The highest BCUT2D eigenvalue weighted by Gasteiger charge is 2.23. The monoisotopic (exact) mass is 237 g/mol. The second-order valence-electron chi connectivity index (χ2n) is 4.19. The van der Waals surface area contributed by atoms with Crippen LogP contribution < -0.4 is 4.90 Å². The minimum atomic E-state index is -1.02. The number of carbonyl (C=O) groups is 1. The third-order valence-electron chi connectivity index (χ3n) is 2.99. The topological polar surface area (TPSA) is 86.5 Å². The van der Waals surface area contributed by atoms with Crippen molar-refractivity contribution >= 4 is 11.9 Å². The fraction of sp³-hybridized carbons (Fsp3) is 0.545. The second-order valence-corrected chi connectivity index (χ2v) is 4.19. The number of aromatic nitrogens is 2. The SMILES string of the molecule is O=C(O)c1cnc(N2CCC(CCO)C2)nc1. The van der Waals surface area contributed by atoms with Gasteiger partial charge in [0.2, 0.25) is 5.95 Å². The molecule has 1 fully saturated rings. The van der Waals surface area contributed by atoms with E-state index in [4.69, 9.17) is 10.2 Å². The number of aliphatic hydroxyl groups is 1. The highest BCUT2D eigenvalue weighted by molar-refractivity contribution is 5.86. The quantitative estimate of drug-likeness (QED) is 0.787. The van der Waals surface area contributed by atoms with Gasteiger partial charge in [-0.2, -0.15) is 0 Å². The van der Waals surface area contributed by atoms with Gasteiger partial charge in [0.25, 0.3) is 0 Å². The Labute approximate surface area is 98.9 Å². The summed E-state index contributed by atoms with van der Waals surface area (Å²) >= 11 is 0. The fourth-order valence-electron chi connectivity index (χ4n) is 2.03. The van der Waals surface area contributed by atoms with Crippen molar-refractivity contribution < 1.29 is 15.0 Å². The summed E-state index contributed by atoms with van der Waals surface area (Å²) in [6.07, 6.45) is 4.46. The van der Waals surface area contributed by atoms with Crippen LogP contribution in [-0.4, -0.2) is 45.8 Å². The van der Waals surface area contributed by atoms with Crippen LogP contribution in [0.4, 0.5) is 5.95 Å². The number of aliphatic hydroxyl groups excluding tert-OH is 1. The lowest BCUT2D eigenvalue weighted by Gasteiger charge is -2.15. The molecule has 1 aliphatic heterocycles. The van der Waals surface area contributed by atoms with Crippen molar-refractivity contribution in [3.05, 3.63) is 18.0 Å². The Hall–Kier alpha value is -1.69. The third-order valence-corrected chi connectivity index (χ3v) is 2.99. The number of rotatable bonds is 4. The van der Waals surface area contributed by atoms with Gasteiger partial charge in [-0.15, -0.1) is 0 Å². The minimum absolute atomic E-state index is 0.0971. The van der Waals surface area contributed by atoms with E-state index in [0.717, 1.165) is 25.9 Å². The predicted octanol–water partition coefficient (Wildman–Crippen LogP) is 0.383. The third kappa shape index (κ3) is 2.71. The van der Waals surface area contributed by atoms with Gasteiger partial charge in [-0.25, -0.2) is 14.8 Å². The smallest absolute Gasteiger partial charge is 0.338 e. The number of anilines is 1. The lowest BCUT2D eigenvalue weighted by molar-refractivity contribution is 0.0696. The van der Waals surface area contributed by atoms with E-state index in [1.165, 1.54) is 12.4 Å². The molecule has 2 N–H and O–H groups in total. The van der Waals surface area contributed by atoms with Crippen molar-refractivity contribution in [2.75, 3.05) is 24.6 Å². The first-order chi connectivity index (χ1) is 8.20. The standard InChI is InChI=1S/C11H15N3O3/c15-4-2-8-1-3-14(7-8)11-12-5-9(6-13-11)10(16)17/h5-6,8,15H,1-4,7H2,(H,16,17). The molecule has 1 saturated heterocycles. The van der Waals surface area contributed by atoms with Crippen molar-refractivity contribution in [2.45, 2.75) is 12.8 Å². The van der Waals surface area contributed by atoms with Crippen LogP contribution in [0.1, 0.15) is 23.2 Å². The molecule has 6 heteroatoms. The molecule has 92 valence electrons. The molecule has 0 aromatic carbocycles. The zero-order valence-corrected chi connectivity index (χ0v) is 9.41. The lowest BCUT2D eigenvalue weighted by atomic mass is 10.1. The van der Waals surface area contributed by atoms with Gasteiger partial charge in [-0.1, -0.05) is 0 Å². The Morgan fingerprint density at radius 2 is 2.18 bits per heavy atom. The van der Waals surface area contributed by atoms with Crippen molar-refractivity contribution in [3.8, 4) is 0 Å². The van der Waals surface area contributed by atoms with Crippen LogP contribution in [0.3, 0.4) is 0 Å². The van der Waals surface area contributed by atoms with Gasteiger partial charge in [0.15, 0.2) is 0 Å². The summed E-state index contributed by atoms with van der Waals surface area (Å²) in [6, 6.07) is 0. The normalized spacial score (nSPS) is 19.6. The van der Waals surface area contributed by atoms with Gasteiger partial charge in [-0.05, 0) is 18.8 Å². The molecule has 2 heterocycles. The molecule has 0 amide bonds. The Morgan fingerprint density at radius 1 is 1.47 bits per heavy atom. The average Bonchev–Trinajstić information content (AvgIpc) is 2.78. The fourth-order valence-corrected chi connectivity index (χ4v) is 2.03. The van der Waals surface area contributed by atoms with Crippen molar-refractivity contribution in [1.29, 1.82) is 0 Å². The zero-order chi connectivity index (χ0) is 12.3. The van der Waals surface area contributed by atoms with Gasteiger partial charge in [0, 0.05) is 32.1 Å². The van der Waals surface area contributed by atoms with Gasteiger partial charge in [-0.3, -0.25) is 0 Å². The van der Waals surface area contributed by atoms with E-state index in [1.807, 2.05) is 4.90 Å². The summed E-state index contributed by atoms with van der Waals surface area (Å²) in [5, 5.41) is 17.6. The van der Waals surface area contributed by atoms with Crippen LogP contribution in [0.2, 0.25) is 0 Å². The highest BCUT2D eigenvalue weighted by Crippen LogP contribution is 2.22. The lowest BCUT2D eigenvalue weighted by Crippen LogP contribution is -2.22. The molecule has 0 bridgehead atoms. The second kappa shape index (κ2) is 5.09.